The number of rotatable bonds is 8. The van der Waals surface area contributed by atoms with Gasteiger partial charge in [-0.2, -0.15) is 0 Å². The van der Waals surface area contributed by atoms with Crippen LogP contribution >= 0.6 is 11.8 Å². The largest absolute Gasteiger partial charge is 0.465 e. The van der Waals surface area contributed by atoms with Gasteiger partial charge in [-0.1, -0.05) is 29.8 Å². The first-order chi connectivity index (χ1) is 13.1. The normalized spacial score (nSPS) is 16.2. The molecule has 1 amide bonds. The molecule has 2 aromatic rings. The molecule has 1 aliphatic heterocycles. The van der Waals surface area contributed by atoms with Gasteiger partial charge < -0.3 is 14.5 Å². The summed E-state index contributed by atoms with van der Waals surface area (Å²) in [6, 6.07) is 12.5. The highest BCUT2D eigenvalue weighted by Gasteiger charge is 2.25. The summed E-state index contributed by atoms with van der Waals surface area (Å²) in [4.78, 5) is 14.6. The predicted molar refractivity (Wildman–Crippen MR) is 109 cm³/mol. The maximum atomic E-state index is 12.3. The number of amides is 1. The lowest BCUT2D eigenvalue weighted by molar-refractivity contribution is -0.118. The molecule has 0 bridgehead atoms. The van der Waals surface area contributed by atoms with Gasteiger partial charge in [0.25, 0.3) is 0 Å². The molecule has 146 valence electrons. The highest BCUT2D eigenvalue weighted by molar-refractivity contribution is 7.99. The number of hydrogen-bond donors (Lipinski definition) is 1. The number of nitrogens with one attached hydrogen (secondary N) is 1. The minimum Gasteiger partial charge on any atom is -0.465 e. The minimum absolute atomic E-state index is 0.0497. The molecule has 2 heterocycles. The number of thioether (sulfide) groups is 1. The molecule has 0 saturated carbocycles. The number of hydrogen-bond acceptors (Lipinski definition) is 5. The number of benzene rings is 1. The Kier molecular flexibility index (Phi) is 7.38. The number of aryl methyl sites for hydroxylation is 2. The van der Waals surface area contributed by atoms with Gasteiger partial charge in [-0.05, 0) is 31.5 Å². The lowest BCUT2D eigenvalue weighted by atomic mass is 10.1. The predicted octanol–water partition coefficient (Wildman–Crippen LogP) is 3.32. The smallest absolute Gasteiger partial charge is 0.230 e. The van der Waals surface area contributed by atoms with Crippen LogP contribution in [-0.2, 0) is 15.3 Å². The first kappa shape index (κ1) is 20.0. The molecule has 0 radical (unpaired) electrons. The van der Waals surface area contributed by atoms with E-state index in [-0.39, 0.29) is 11.9 Å². The Morgan fingerprint density at radius 3 is 2.56 bits per heavy atom. The third-order valence-electron chi connectivity index (χ3n) is 4.69. The monoisotopic (exact) mass is 388 g/mol. The zero-order chi connectivity index (χ0) is 19.1. The van der Waals surface area contributed by atoms with Crippen LogP contribution in [0.4, 0.5) is 0 Å². The van der Waals surface area contributed by atoms with E-state index in [0.29, 0.717) is 12.3 Å². The van der Waals surface area contributed by atoms with Gasteiger partial charge in [-0.25, -0.2) is 0 Å². The van der Waals surface area contributed by atoms with Gasteiger partial charge in [-0.3, -0.25) is 9.69 Å². The van der Waals surface area contributed by atoms with Crippen molar-refractivity contribution in [1.29, 1.82) is 0 Å². The SMILES string of the molecule is Cc1ccc(CSCC(=O)NCC(c2ccc(C)o2)N2CCOCC2)cc1. The van der Waals surface area contributed by atoms with Crippen molar-refractivity contribution < 1.29 is 13.9 Å². The van der Waals surface area contributed by atoms with Crippen LogP contribution in [0.3, 0.4) is 0 Å². The number of carbonyl (C=O) groups is 1. The number of morpholine rings is 1. The molecule has 1 fully saturated rings. The maximum Gasteiger partial charge on any atom is 0.230 e. The molecule has 6 heteroatoms. The fourth-order valence-corrected chi connectivity index (χ4v) is 3.96. The average molecular weight is 389 g/mol. The van der Waals surface area contributed by atoms with Gasteiger partial charge in [-0.15, -0.1) is 11.8 Å². The van der Waals surface area contributed by atoms with Gasteiger partial charge in [0.15, 0.2) is 0 Å². The maximum absolute atomic E-state index is 12.3. The number of furan rings is 1. The Morgan fingerprint density at radius 1 is 1.15 bits per heavy atom. The Balaban J connectivity index is 1.48. The molecule has 27 heavy (non-hydrogen) atoms. The molecule has 5 nitrogen and oxygen atoms in total. The minimum atomic E-state index is 0.0497. The zero-order valence-electron chi connectivity index (χ0n) is 16.1. The van der Waals surface area contributed by atoms with Crippen molar-refractivity contribution in [3.05, 3.63) is 59.0 Å². The first-order valence-corrected chi connectivity index (χ1v) is 10.6. The summed E-state index contributed by atoms with van der Waals surface area (Å²) < 4.78 is 11.3. The summed E-state index contributed by atoms with van der Waals surface area (Å²) in [5, 5.41) is 3.08. The summed E-state index contributed by atoms with van der Waals surface area (Å²) in [6.07, 6.45) is 0. The summed E-state index contributed by atoms with van der Waals surface area (Å²) in [7, 11) is 0. The number of ether oxygens (including phenoxy) is 1. The van der Waals surface area contributed by atoms with Crippen LogP contribution < -0.4 is 5.32 Å². The van der Waals surface area contributed by atoms with Crippen molar-refractivity contribution in [2.45, 2.75) is 25.6 Å². The topological polar surface area (TPSA) is 54.7 Å². The van der Waals surface area contributed by atoms with Gasteiger partial charge >= 0.3 is 0 Å². The van der Waals surface area contributed by atoms with Gasteiger partial charge in [0, 0.05) is 25.4 Å². The van der Waals surface area contributed by atoms with Crippen molar-refractivity contribution in [3.63, 3.8) is 0 Å². The number of nitrogens with zero attached hydrogens (tertiary/aromatic N) is 1. The standard InChI is InChI=1S/C21H28N2O3S/c1-16-3-6-18(7-4-16)14-27-15-21(24)22-13-19(20-8-5-17(2)26-20)23-9-11-25-12-10-23/h3-8,19H,9-15H2,1-2H3,(H,22,24). The number of carbonyl (C=O) groups excluding carboxylic acids is 1. The van der Waals surface area contributed by atoms with Crippen LogP contribution in [0.1, 0.15) is 28.7 Å². The second-order valence-electron chi connectivity index (χ2n) is 6.90. The molecule has 0 spiro atoms. The molecule has 3 rings (SSSR count). The molecular formula is C21H28N2O3S. The van der Waals surface area contributed by atoms with E-state index >= 15 is 0 Å². The first-order valence-electron chi connectivity index (χ1n) is 9.40. The molecule has 1 saturated heterocycles. The van der Waals surface area contributed by atoms with Gasteiger partial charge in [0.05, 0.1) is 25.0 Å². The highest BCUT2D eigenvalue weighted by atomic mass is 32.2. The second kappa shape index (κ2) is 9.97. The summed E-state index contributed by atoms with van der Waals surface area (Å²) >= 11 is 1.64. The lowest BCUT2D eigenvalue weighted by Gasteiger charge is -2.33. The van der Waals surface area contributed by atoms with Crippen LogP contribution in [0.15, 0.2) is 40.8 Å². The van der Waals surface area contributed by atoms with E-state index in [1.54, 1.807) is 11.8 Å². The van der Waals surface area contributed by atoms with Crippen LogP contribution in [-0.4, -0.2) is 49.4 Å². The van der Waals surface area contributed by atoms with E-state index in [4.69, 9.17) is 9.15 Å². The lowest BCUT2D eigenvalue weighted by Crippen LogP contribution is -2.44. The van der Waals surface area contributed by atoms with E-state index < -0.39 is 0 Å². The average Bonchev–Trinajstić information content (AvgIpc) is 3.10. The van der Waals surface area contributed by atoms with E-state index in [9.17, 15) is 4.79 Å². The summed E-state index contributed by atoms with van der Waals surface area (Å²) in [5.74, 6) is 3.16. The van der Waals surface area contributed by atoms with E-state index in [1.807, 2.05) is 19.1 Å². The van der Waals surface area contributed by atoms with Crippen molar-refractivity contribution >= 4 is 17.7 Å². The molecule has 1 aromatic heterocycles. The highest BCUT2D eigenvalue weighted by Crippen LogP contribution is 2.23. The van der Waals surface area contributed by atoms with Crippen LogP contribution in [0.5, 0.6) is 0 Å². The van der Waals surface area contributed by atoms with Crippen LogP contribution in [0, 0.1) is 13.8 Å². The quantitative estimate of drug-likeness (QED) is 0.752. The summed E-state index contributed by atoms with van der Waals surface area (Å²) in [5.41, 5.74) is 2.50. The van der Waals surface area contributed by atoms with Gasteiger partial charge in [0.1, 0.15) is 11.5 Å². The fourth-order valence-electron chi connectivity index (χ4n) is 3.14. The molecule has 1 N–H and O–H groups in total. The van der Waals surface area contributed by atoms with Crippen LogP contribution in [0.25, 0.3) is 0 Å². The third kappa shape index (κ3) is 6.13. The molecule has 1 aliphatic rings. The van der Waals surface area contributed by atoms with Gasteiger partial charge in [0.2, 0.25) is 5.91 Å². The zero-order valence-corrected chi connectivity index (χ0v) is 16.9. The van der Waals surface area contributed by atoms with E-state index in [2.05, 4.69) is 41.4 Å². The molecular weight excluding hydrogens is 360 g/mol. The third-order valence-corrected chi connectivity index (χ3v) is 5.69. The molecule has 1 aromatic carbocycles. The van der Waals surface area contributed by atoms with Crippen molar-refractivity contribution in [2.24, 2.45) is 0 Å². The summed E-state index contributed by atoms with van der Waals surface area (Å²) in [6.45, 7) is 7.71. The second-order valence-corrected chi connectivity index (χ2v) is 7.88. The van der Waals surface area contributed by atoms with Crippen molar-refractivity contribution in [3.8, 4) is 0 Å². The van der Waals surface area contributed by atoms with E-state index in [0.717, 1.165) is 43.6 Å². The Morgan fingerprint density at radius 2 is 1.89 bits per heavy atom. The Bertz CT molecular complexity index is 723. The van der Waals surface area contributed by atoms with E-state index in [1.165, 1.54) is 11.1 Å². The van der Waals surface area contributed by atoms with Crippen molar-refractivity contribution in [1.82, 2.24) is 10.2 Å². The Labute approximate surface area is 165 Å². The fraction of sp³-hybridized carbons (Fsp3) is 0.476. The molecule has 1 atom stereocenters. The molecule has 0 aliphatic carbocycles. The Hall–Kier alpha value is -1.76. The van der Waals surface area contributed by atoms with Crippen LogP contribution in [0.2, 0.25) is 0 Å². The molecule has 1 unspecified atom stereocenters. The van der Waals surface area contributed by atoms with Crippen molar-refractivity contribution in [2.75, 3.05) is 38.6 Å².